The highest BCUT2D eigenvalue weighted by Gasteiger charge is 2.22. The zero-order valence-corrected chi connectivity index (χ0v) is 13.6. The fraction of sp³-hybridized carbons (Fsp3) is 0.400. The predicted molar refractivity (Wildman–Crippen MR) is 87.4 cm³/mol. The summed E-state index contributed by atoms with van der Waals surface area (Å²) in [5.41, 5.74) is 1.35. The maximum absolute atomic E-state index is 12.1. The molecule has 24 heavy (non-hydrogen) atoms. The first-order valence-electron chi connectivity index (χ1n) is 7.54. The van der Waals surface area contributed by atoms with Gasteiger partial charge in [0.15, 0.2) is 0 Å². The number of carbonyl (C=O) groups is 1. The van der Waals surface area contributed by atoms with Gasteiger partial charge in [0.25, 0.3) is 0 Å². The fourth-order valence-electron chi connectivity index (χ4n) is 2.57. The van der Waals surface area contributed by atoms with E-state index in [-0.39, 0.29) is 19.1 Å². The molecule has 0 aliphatic carbocycles. The van der Waals surface area contributed by atoms with Crippen LogP contribution in [0, 0.1) is 0 Å². The SMILES string of the molecule is O=C(CN1CCn2nc([C@@H](O)CO)cc2C1)Nc1ccc(Cl)cn1. The average molecular weight is 352 g/mol. The Morgan fingerprint density at radius 3 is 2.96 bits per heavy atom. The van der Waals surface area contributed by atoms with Crippen molar-refractivity contribution in [1.82, 2.24) is 19.7 Å². The summed E-state index contributed by atoms with van der Waals surface area (Å²) in [6, 6.07) is 5.07. The number of fused-ring (bicyclic) bond motifs is 1. The van der Waals surface area contributed by atoms with E-state index >= 15 is 0 Å². The molecule has 0 radical (unpaired) electrons. The second-order valence-electron chi connectivity index (χ2n) is 5.60. The molecule has 3 N–H and O–H groups in total. The number of aromatic nitrogens is 3. The van der Waals surface area contributed by atoms with E-state index in [9.17, 15) is 9.90 Å². The summed E-state index contributed by atoms with van der Waals surface area (Å²) >= 11 is 5.76. The van der Waals surface area contributed by atoms with E-state index in [0.29, 0.717) is 36.2 Å². The van der Waals surface area contributed by atoms with E-state index in [1.54, 1.807) is 22.9 Å². The van der Waals surface area contributed by atoms with Gasteiger partial charge in [0.1, 0.15) is 11.9 Å². The Morgan fingerprint density at radius 1 is 1.42 bits per heavy atom. The lowest BCUT2D eigenvalue weighted by Crippen LogP contribution is -2.39. The number of anilines is 1. The normalized spacial score (nSPS) is 15.8. The van der Waals surface area contributed by atoms with Gasteiger partial charge in [-0.2, -0.15) is 5.10 Å². The van der Waals surface area contributed by atoms with Crippen LogP contribution < -0.4 is 5.32 Å². The van der Waals surface area contributed by atoms with Crippen LogP contribution in [-0.4, -0.2) is 55.5 Å². The van der Waals surface area contributed by atoms with Crippen molar-refractivity contribution >= 4 is 23.3 Å². The number of aliphatic hydroxyl groups excluding tert-OH is 2. The number of amides is 1. The summed E-state index contributed by atoms with van der Waals surface area (Å²) in [6.07, 6.45) is 0.501. The minimum absolute atomic E-state index is 0.159. The van der Waals surface area contributed by atoms with E-state index < -0.39 is 6.10 Å². The van der Waals surface area contributed by atoms with Crippen LogP contribution in [0.3, 0.4) is 0 Å². The quantitative estimate of drug-likeness (QED) is 0.721. The summed E-state index contributed by atoms with van der Waals surface area (Å²) in [5, 5.41) is 26.2. The smallest absolute Gasteiger partial charge is 0.239 e. The Kier molecular flexibility index (Phi) is 5.10. The molecule has 8 nitrogen and oxygen atoms in total. The molecular formula is C15H18ClN5O3. The number of hydrogen-bond acceptors (Lipinski definition) is 6. The van der Waals surface area contributed by atoms with Crippen molar-refractivity contribution in [3.8, 4) is 0 Å². The van der Waals surface area contributed by atoms with Crippen molar-refractivity contribution in [3.05, 3.63) is 40.8 Å². The third-order valence-electron chi connectivity index (χ3n) is 3.77. The molecule has 3 rings (SSSR count). The van der Waals surface area contributed by atoms with Crippen LogP contribution in [0.25, 0.3) is 0 Å². The van der Waals surface area contributed by atoms with Gasteiger partial charge in [-0.3, -0.25) is 14.4 Å². The Bertz CT molecular complexity index is 718. The van der Waals surface area contributed by atoms with Gasteiger partial charge >= 0.3 is 0 Å². The molecule has 128 valence electrons. The van der Waals surface area contributed by atoms with Crippen LogP contribution in [0.2, 0.25) is 5.02 Å². The predicted octanol–water partition coefficient (Wildman–Crippen LogP) is 0.411. The Balaban J connectivity index is 1.58. The Labute approximate surface area is 143 Å². The van der Waals surface area contributed by atoms with Crippen LogP contribution >= 0.6 is 11.6 Å². The van der Waals surface area contributed by atoms with Gasteiger partial charge in [-0.25, -0.2) is 4.98 Å². The molecule has 1 aliphatic heterocycles. The number of aliphatic hydroxyl groups is 2. The van der Waals surface area contributed by atoms with Crippen molar-refractivity contribution in [2.45, 2.75) is 19.2 Å². The summed E-state index contributed by atoms with van der Waals surface area (Å²) in [6.45, 7) is 1.71. The van der Waals surface area contributed by atoms with Crippen LogP contribution in [0.4, 0.5) is 5.82 Å². The van der Waals surface area contributed by atoms with E-state index in [4.69, 9.17) is 16.7 Å². The molecule has 2 aromatic rings. The van der Waals surface area contributed by atoms with E-state index in [0.717, 1.165) is 5.69 Å². The first kappa shape index (κ1) is 16.8. The Hall–Kier alpha value is -2.00. The molecule has 1 aliphatic rings. The van der Waals surface area contributed by atoms with Crippen molar-refractivity contribution < 1.29 is 15.0 Å². The third-order valence-corrected chi connectivity index (χ3v) is 4.00. The van der Waals surface area contributed by atoms with Crippen molar-refractivity contribution in [2.75, 3.05) is 25.0 Å². The molecule has 9 heteroatoms. The minimum atomic E-state index is -0.976. The lowest BCUT2D eigenvalue weighted by atomic mass is 10.2. The van der Waals surface area contributed by atoms with Crippen LogP contribution in [0.15, 0.2) is 24.4 Å². The van der Waals surface area contributed by atoms with Gasteiger partial charge in [-0.15, -0.1) is 0 Å². The number of nitrogens with one attached hydrogen (secondary N) is 1. The number of carbonyl (C=O) groups excluding carboxylic acids is 1. The molecular weight excluding hydrogens is 334 g/mol. The highest BCUT2D eigenvalue weighted by Crippen LogP contribution is 2.18. The number of pyridine rings is 1. The van der Waals surface area contributed by atoms with Crippen molar-refractivity contribution in [2.24, 2.45) is 0 Å². The summed E-state index contributed by atoms with van der Waals surface area (Å²) < 4.78 is 1.80. The topological polar surface area (TPSA) is 104 Å². The average Bonchev–Trinajstić information content (AvgIpc) is 2.99. The first-order chi connectivity index (χ1) is 11.5. The molecule has 0 unspecified atom stereocenters. The second kappa shape index (κ2) is 7.27. The standard InChI is InChI=1S/C15H18ClN5O3/c16-10-1-2-14(17-6-10)18-15(24)8-20-3-4-21-11(7-20)5-12(19-21)13(23)9-22/h1-2,5-6,13,22-23H,3-4,7-9H2,(H,17,18,24)/t13-/m0/s1. The van der Waals surface area contributed by atoms with Gasteiger partial charge in [0, 0.05) is 19.3 Å². The van der Waals surface area contributed by atoms with Gasteiger partial charge in [-0.05, 0) is 18.2 Å². The molecule has 0 spiro atoms. The van der Waals surface area contributed by atoms with Gasteiger partial charge in [0.2, 0.25) is 5.91 Å². The van der Waals surface area contributed by atoms with E-state index in [2.05, 4.69) is 15.4 Å². The van der Waals surface area contributed by atoms with Crippen LogP contribution in [-0.2, 0) is 17.9 Å². The first-order valence-corrected chi connectivity index (χ1v) is 7.92. The highest BCUT2D eigenvalue weighted by molar-refractivity contribution is 6.30. The van der Waals surface area contributed by atoms with E-state index in [1.807, 2.05) is 4.90 Å². The minimum Gasteiger partial charge on any atom is -0.393 e. The molecule has 0 saturated heterocycles. The van der Waals surface area contributed by atoms with Crippen molar-refractivity contribution in [1.29, 1.82) is 0 Å². The van der Waals surface area contributed by atoms with Crippen LogP contribution in [0.5, 0.6) is 0 Å². The van der Waals surface area contributed by atoms with Gasteiger partial charge < -0.3 is 15.5 Å². The molecule has 0 aromatic carbocycles. The zero-order chi connectivity index (χ0) is 17.1. The monoisotopic (exact) mass is 351 g/mol. The van der Waals surface area contributed by atoms with Gasteiger partial charge in [-0.1, -0.05) is 11.6 Å². The molecule has 0 bridgehead atoms. The lowest BCUT2D eigenvalue weighted by molar-refractivity contribution is -0.117. The number of rotatable bonds is 5. The number of nitrogens with zero attached hydrogens (tertiary/aromatic N) is 4. The molecule has 2 aromatic heterocycles. The van der Waals surface area contributed by atoms with Crippen molar-refractivity contribution in [3.63, 3.8) is 0 Å². The van der Waals surface area contributed by atoms with Crippen LogP contribution in [0.1, 0.15) is 17.5 Å². The molecule has 0 fully saturated rings. The summed E-state index contributed by atoms with van der Waals surface area (Å²) in [4.78, 5) is 18.1. The van der Waals surface area contributed by atoms with E-state index in [1.165, 1.54) is 6.20 Å². The molecule has 1 atom stereocenters. The second-order valence-corrected chi connectivity index (χ2v) is 6.04. The summed E-state index contributed by atoms with van der Waals surface area (Å²) in [5.74, 6) is 0.299. The maximum atomic E-state index is 12.1. The molecule has 0 saturated carbocycles. The zero-order valence-electron chi connectivity index (χ0n) is 12.9. The fourth-order valence-corrected chi connectivity index (χ4v) is 2.68. The number of hydrogen-bond donors (Lipinski definition) is 3. The lowest BCUT2D eigenvalue weighted by Gasteiger charge is -2.26. The molecule has 3 heterocycles. The highest BCUT2D eigenvalue weighted by atomic mass is 35.5. The summed E-state index contributed by atoms with van der Waals surface area (Å²) in [7, 11) is 0. The Morgan fingerprint density at radius 2 is 2.25 bits per heavy atom. The third kappa shape index (κ3) is 3.90. The van der Waals surface area contributed by atoms with Gasteiger partial charge in [0.05, 0.1) is 36.1 Å². The largest absolute Gasteiger partial charge is 0.393 e. The molecule has 1 amide bonds. The maximum Gasteiger partial charge on any atom is 0.239 e. The number of halogens is 1.